The summed E-state index contributed by atoms with van der Waals surface area (Å²) >= 11 is 0. The molecule has 1 unspecified atom stereocenters. The summed E-state index contributed by atoms with van der Waals surface area (Å²) in [5.74, 6) is 3.28. The molecule has 9 heteroatoms. The second kappa shape index (κ2) is 8.46. The van der Waals surface area contributed by atoms with Gasteiger partial charge >= 0.3 is 0 Å². The molecule has 3 N–H and O–H groups in total. The maximum Gasteiger partial charge on any atom is 0.237 e. The second-order valence-electron chi connectivity index (χ2n) is 8.27. The lowest BCUT2D eigenvalue weighted by atomic mass is 9.99. The summed E-state index contributed by atoms with van der Waals surface area (Å²) in [5.41, 5.74) is 4.96. The summed E-state index contributed by atoms with van der Waals surface area (Å²) in [6, 6.07) is 0. The number of aliphatic imine (C=N–C) groups is 1. The molecule has 1 aromatic heterocycles. The van der Waals surface area contributed by atoms with Crippen LogP contribution in [0.1, 0.15) is 38.8 Å². The van der Waals surface area contributed by atoms with Gasteiger partial charge in [-0.15, -0.1) is 10.2 Å². The molecule has 0 spiro atoms. The molecule has 28 heavy (non-hydrogen) atoms. The molecule has 0 saturated carbocycles. The molecule has 0 bridgehead atoms. The summed E-state index contributed by atoms with van der Waals surface area (Å²) in [6.45, 7) is 13.7. The molecule has 0 radical (unpaired) electrons. The van der Waals surface area contributed by atoms with E-state index in [1.165, 1.54) is 0 Å². The van der Waals surface area contributed by atoms with Crippen LogP contribution in [0.3, 0.4) is 0 Å². The molecule has 3 heterocycles. The second-order valence-corrected chi connectivity index (χ2v) is 8.27. The summed E-state index contributed by atoms with van der Waals surface area (Å²) in [5, 5.41) is 11.9. The van der Waals surface area contributed by atoms with Gasteiger partial charge in [0.25, 0.3) is 0 Å². The van der Waals surface area contributed by atoms with Gasteiger partial charge in [0.05, 0.1) is 5.54 Å². The van der Waals surface area contributed by atoms with Crippen LogP contribution in [0, 0.1) is 12.8 Å². The Morgan fingerprint density at radius 3 is 2.64 bits per heavy atom. The molecule has 9 nitrogen and oxygen atoms in total. The highest BCUT2D eigenvalue weighted by Crippen LogP contribution is 2.20. The maximum atomic E-state index is 11.7. The number of guanidine groups is 1. The van der Waals surface area contributed by atoms with Crippen molar-refractivity contribution in [2.24, 2.45) is 16.6 Å². The molecular weight excluding hydrogens is 356 g/mol. The van der Waals surface area contributed by atoms with Crippen molar-refractivity contribution >= 4 is 11.9 Å². The van der Waals surface area contributed by atoms with Crippen molar-refractivity contribution in [1.29, 1.82) is 0 Å². The van der Waals surface area contributed by atoms with Crippen LogP contribution in [0.25, 0.3) is 0 Å². The SMILES string of the molecule is CCNC(=NCC1CCc2nnc(C)n2C1)N1CCN(C(C)(C)C(N)=O)CC1. The van der Waals surface area contributed by atoms with Gasteiger partial charge < -0.3 is 20.5 Å². The van der Waals surface area contributed by atoms with E-state index in [0.29, 0.717) is 5.92 Å². The van der Waals surface area contributed by atoms with Crippen LogP contribution in [0.4, 0.5) is 0 Å². The van der Waals surface area contributed by atoms with E-state index in [2.05, 4.69) is 36.8 Å². The van der Waals surface area contributed by atoms with E-state index in [0.717, 1.165) is 76.3 Å². The zero-order valence-corrected chi connectivity index (χ0v) is 17.6. The smallest absolute Gasteiger partial charge is 0.237 e. The first-order valence-corrected chi connectivity index (χ1v) is 10.3. The zero-order chi connectivity index (χ0) is 20.3. The number of piperazine rings is 1. The molecule has 2 aliphatic heterocycles. The van der Waals surface area contributed by atoms with Crippen molar-refractivity contribution in [3.8, 4) is 0 Å². The number of aryl methyl sites for hydroxylation is 2. The van der Waals surface area contributed by atoms with Gasteiger partial charge in [0.1, 0.15) is 11.6 Å². The maximum absolute atomic E-state index is 11.7. The molecule has 1 atom stereocenters. The molecule has 1 fully saturated rings. The Morgan fingerprint density at radius 2 is 2.00 bits per heavy atom. The number of nitrogens with one attached hydrogen (secondary N) is 1. The average molecular weight is 391 g/mol. The van der Waals surface area contributed by atoms with Crippen molar-refractivity contribution in [2.75, 3.05) is 39.3 Å². The quantitative estimate of drug-likeness (QED) is 0.542. The minimum absolute atomic E-state index is 0.275. The Hall–Kier alpha value is -2.16. The number of primary amides is 1. The molecule has 1 saturated heterocycles. The molecule has 0 aromatic carbocycles. The predicted octanol–water partition coefficient (Wildman–Crippen LogP) is -0.00408. The normalized spacial score (nSPS) is 21.5. The Morgan fingerprint density at radius 1 is 1.29 bits per heavy atom. The predicted molar refractivity (Wildman–Crippen MR) is 109 cm³/mol. The third-order valence-electron chi connectivity index (χ3n) is 6.04. The monoisotopic (exact) mass is 390 g/mol. The number of nitrogens with two attached hydrogens (primary N) is 1. The number of fused-ring (bicyclic) bond motifs is 1. The van der Waals surface area contributed by atoms with E-state index in [9.17, 15) is 4.79 Å². The standard InChI is InChI=1S/C19H34N8O/c1-5-21-18(25-8-10-26(11-9-25)19(3,4)17(20)28)22-12-15-6-7-16-24-23-14(2)27(16)13-15/h15H,5-13H2,1-4H3,(H2,20,28)(H,21,22). The summed E-state index contributed by atoms with van der Waals surface area (Å²) in [4.78, 5) is 21.1. The fraction of sp³-hybridized carbons (Fsp3) is 0.789. The molecular formula is C19H34N8O. The van der Waals surface area contributed by atoms with Crippen molar-refractivity contribution in [2.45, 2.75) is 52.6 Å². The van der Waals surface area contributed by atoms with Gasteiger partial charge in [-0.3, -0.25) is 14.7 Å². The lowest BCUT2D eigenvalue weighted by Gasteiger charge is -2.43. The first-order valence-electron chi connectivity index (χ1n) is 10.3. The number of rotatable bonds is 5. The third kappa shape index (κ3) is 4.29. The molecule has 2 aliphatic rings. The molecule has 1 aromatic rings. The Bertz CT molecular complexity index is 718. The van der Waals surface area contributed by atoms with Gasteiger partial charge in [0.15, 0.2) is 5.96 Å². The van der Waals surface area contributed by atoms with Crippen LogP contribution in [0.5, 0.6) is 0 Å². The highest BCUT2D eigenvalue weighted by molar-refractivity contribution is 5.84. The fourth-order valence-corrected chi connectivity index (χ4v) is 3.95. The number of carbonyl (C=O) groups is 1. The number of hydrogen-bond acceptors (Lipinski definition) is 5. The topological polar surface area (TPSA) is 105 Å². The van der Waals surface area contributed by atoms with E-state index >= 15 is 0 Å². The van der Waals surface area contributed by atoms with Gasteiger partial charge in [0, 0.05) is 52.2 Å². The first kappa shape index (κ1) is 20.6. The highest BCUT2D eigenvalue weighted by atomic mass is 16.1. The minimum Gasteiger partial charge on any atom is -0.368 e. The van der Waals surface area contributed by atoms with Crippen LogP contribution in [-0.2, 0) is 17.8 Å². The van der Waals surface area contributed by atoms with Gasteiger partial charge in [-0.1, -0.05) is 0 Å². The van der Waals surface area contributed by atoms with Crippen molar-refractivity contribution in [1.82, 2.24) is 29.9 Å². The van der Waals surface area contributed by atoms with Crippen LogP contribution in [0.2, 0.25) is 0 Å². The van der Waals surface area contributed by atoms with Crippen LogP contribution >= 0.6 is 0 Å². The Kier molecular flexibility index (Phi) is 6.22. The van der Waals surface area contributed by atoms with Crippen LogP contribution in [-0.4, -0.2) is 81.2 Å². The summed E-state index contributed by atoms with van der Waals surface area (Å²) in [7, 11) is 0. The van der Waals surface area contributed by atoms with E-state index in [4.69, 9.17) is 10.7 Å². The Balaban J connectivity index is 1.60. The molecule has 1 amide bonds. The third-order valence-corrected chi connectivity index (χ3v) is 6.04. The van der Waals surface area contributed by atoms with Crippen LogP contribution < -0.4 is 11.1 Å². The van der Waals surface area contributed by atoms with Gasteiger partial charge in [-0.05, 0) is 40.0 Å². The fourth-order valence-electron chi connectivity index (χ4n) is 3.95. The van der Waals surface area contributed by atoms with E-state index < -0.39 is 5.54 Å². The first-order chi connectivity index (χ1) is 13.3. The van der Waals surface area contributed by atoms with Crippen molar-refractivity contribution in [3.63, 3.8) is 0 Å². The van der Waals surface area contributed by atoms with Crippen molar-refractivity contribution in [3.05, 3.63) is 11.6 Å². The van der Waals surface area contributed by atoms with Gasteiger partial charge in [-0.2, -0.15) is 0 Å². The largest absolute Gasteiger partial charge is 0.368 e. The molecule has 0 aliphatic carbocycles. The summed E-state index contributed by atoms with van der Waals surface area (Å²) < 4.78 is 2.22. The molecule has 3 rings (SSSR count). The lowest BCUT2D eigenvalue weighted by Crippen LogP contribution is -2.61. The summed E-state index contributed by atoms with van der Waals surface area (Å²) in [6.07, 6.45) is 2.07. The highest BCUT2D eigenvalue weighted by Gasteiger charge is 2.35. The number of nitrogens with zero attached hydrogens (tertiary/aromatic N) is 6. The minimum atomic E-state index is -0.613. The van der Waals surface area contributed by atoms with Crippen LogP contribution in [0.15, 0.2) is 4.99 Å². The van der Waals surface area contributed by atoms with Gasteiger partial charge in [-0.25, -0.2) is 0 Å². The Labute approximate surface area is 167 Å². The number of carbonyl (C=O) groups excluding carboxylic acids is 1. The average Bonchev–Trinajstić information content (AvgIpc) is 3.05. The molecule has 156 valence electrons. The van der Waals surface area contributed by atoms with Crippen molar-refractivity contribution < 1.29 is 4.79 Å². The lowest BCUT2D eigenvalue weighted by molar-refractivity contribution is -0.129. The van der Waals surface area contributed by atoms with E-state index in [1.807, 2.05) is 20.8 Å². The zero-order valence-electron chi connectivity index (χ0n) is 17.6. The van der Waals surface area contributed by atoms with Gasteiger partial charge in [0.2, 0.25) is 5.91 Å². The number of hydrogen-bond donors (Lipinski definition) is 2. The number of aromatic nitrogens is 3. The van der Waals surface area contributed by atoms with E-state index in [-0.39, 0.29) is 5.91 Å². The number of amides is 1. The van der Waals surface area contributed by atoms with E-state index in [1.54, 1.807) is 0 Å².